The van der Waals surface area contributed by atoms with E-state index >= 15 is 0 Å². The first kappa shape index (κ1) is 17.9. The van der Waals surface area contributed by atoms with Crippen LogP contribution in [0.2, 0.25) is 0 Å². The molecule has 2 aromatic carbocycles. The molecule has 1 atom stereocenters. The lowest BCUT2D eigenvalue weighted by atomic mass is 10.1. The molecular formula is C21H22N4O3. The summed E-state index contributed by atoms with van der Waals surface area (Å²) in [6, 6.07) is 15.4. The number of rotatable bonds is 6. The number of hydrogen-bond donors (Lipinski definition) is 2. The Morgan fingerprint density at radius 1 is 1.18 bits per heavy atom. The summed E-state index contributed by atoms with van der Waals surface area (Å²) in [7, 11) is 0. The third-order valence-corrected chi connectivity index (χ3v) is 4.65. The second-order valence-electron chi connectivity index (χ2n) is 6.60. The first-order valence-corrected chi connectivity index (χ1v) is 9.22. The summed E-state index contributed by atoms with van der Waals surface area (Å²) in [6.07, 6.45) is 4.41. The van der Waals surface area contributed by atoms with Crippen molar-refractivity contribution in [3.05, 3.63) is 72.1 Å². The summed E-state index contributed by atoms with van der Waals surface area (Å²) in [5.74, 6) is 1.45. The second kappa shape index (κ2) is 8.04. The van der Waals surface area contributed by atoms with Crippen molar-refractivity contribution in [3.8, 4) is 17.2 Å². The lowest BCUT2D eigenvalue weighted by molar-refractivity contribution is 0.174. The monoisotopic (exact) mass is 378 g/mol. The largest absolute Gasteiger partial charge is 0.454 e. The molecule has 7 nitrogen and oxygen atoms in total. The van der Waals surface area contributed by atoms with Gasteiger partial charge in [0.2, 0.25) is 6.79 Å². The quantitative estimate of drug-likeness (QED) is 0.691. The molecule has 4 rings (SSSR count). The van der Waals surface area contributed by atoms with E-state index in [-0.39, 0.29) is 18.9 Å². The van der Waals surface area contributed by atoms with Crippen LogP contribution in [0.3, 0.4) is 0 Å². The molecule has 0 radical (unpaired) electrons. The van der Waals surface area contributed by atoms with Crippen molar-refractivity contribution in [2.24, 2.45) is 0 Å². The highest BCUT2D eigenvalue weighted by molar-refractivity contribution is 5.74. The lowest BCUT2D eigenvalue weighted by Crippen LogP contribution is -2.38. The number of ether oxygens (including phenoxy) is 2. The number of nitrogens with one attached hydrogen (secondary N) is 2. The summed E-state index contributed by atoms with van der Waals surface area (Å²) < 4.78 is 12.5. The van der Waals surface area contributed by atoms with Crippen molar-refractivity contribution < 1.29 is 14.3 Å². The summed E-state index contributed by atoms with van der Waals surface area (Å²) in [5, 5.41) is 10.1. The fourth-order valence-electron chi connectivity index (χ4n) is 3.07. The summed E-state index contributed by atoms with van der Waals surface area (Å²) in [4.78, 5) is 12.2. The molecule has 2 N–H and O–H groups in total. The van der Waals surface area contributed by atoms with E-state index in [1.807, 2.05) is 66.3 Å². The standard InChI is InChI=1S/C21H22N4O3/c1-15(17-5-8-19-20(13-17)28-14-27-19)24-21(26)22-11-9-16-3-6-18(7-4-16)25-12-2-10-23-25/h2-8,10,12-13,15H,9,11,14H2,1H3,(H2,22,24,26). The van der Waals surface area contributed by atoms with Crippen LogP contribution in [0.4, 0.5) is 4.79 Å². The number of aromatic nitrogens is 2. The highest BCUT2D eigenvalue weighted by Crippen LogP contribution is 2.34. The molecule has 0 saturated carbocycles. The van der Waals surface area contributed by atoms with E-state index in [4.69, 9.17) is 9.47 Å². The summed E-state index contributed by atoms with van der Waals surface area (Å²) in [5.41, 5.74) is 3.13. The number of fused-ring (bicyclic) bond motifs is 1. The maximum Gasteiger partial charge on any atom is 0.315 e. The van der Waals surface area contributed by atoms with E-state index in [1.165, 1.54) is 0 Å². The van der Waals surface area contributed by atoms with Crippen LogP contribution in [0.25, 0.3) is 5.69 Å². The van der Waals surface area contributed by atoms with Gasteiger partial charge < -0.3 is 20.1 Å². The van der Waals surface area contributed by atoms with Crippen LogP contribution in [0.5, 0.6) is 11.5 Å². The first-order chi connectivity index (χ1) is 13.7. The fraction of sp³-hybridized carbons (Fsp3) is 0.238. The zero-order chi connectivity index (χ0) is 19.3. The van der Waals surface area contributed by atoms with Crippen LogP contribution in [-0.4, -0.2) is 29.1 Å². The van der Waals surface area contributed by atoms with Crippen LogP contribution in [-0.2, 0) is 6.42 Å². The number of carbonyl (C=O) groups excluding carboxylic acids is 1. The van der Waals surface area contributed by atoms with E-state index < -0.39 is 0 Å². The van der Waals surface area contributed by atoms with Gasteiger partial charge in [0.1, 0.15) is 0 Å². The van der Waals surface area contributed by atoms with Gasteiger partial charge in [-0.25, -0.2) is 9.48 Å². The highest BCUT2D eigenvalue weighted by atomic mass is 16.7. The van der Waals surface area contributed by atoms with Crippen LogP contribution < -0.4 is 20.1 Å². The van der Waals surface area contributed by atoms with Gasteiger partial charge in [-0.1, -0.05) is 18.2 Å². The molecule has 0 bridgehead atoms. The molecule has 1 aliphatic rings. The average Bonchev–Trinajstić information content (AvgIpc) is 3.40. The van der Waals surface area contributed by atoms with Gasteiger partial charge in [-0.05, 0) is 54.8 Å². The minimum absolute atomic E-state index is 0.136. The molecule has 144 valence electrons. The zero-order valence-corrected chi connectivity index (χ0v) is 15.6. The summed E-state index contributed by atoms with van der Waals surface area (Å²) in [6.45, 7) is 2.73. The molecule has 1 aromatic heterocycles. The van der Waals surface area contributed by atoms with Gasteiger partial charge in [0.15, 0.2) is 11.5 Å². The van der Waals surface area contributed by atoms with Gasteiger partial charge in [0, 0.05) is 18.9 Å². The normalized spacial score (nSPS) is 13.2. The predicted octanol–water partition coefficient (Wildman–Crippen LogP) is 3.20. The molecule has 7 heteroatoms. The van der Waals surface area contributed by atoms with Crippen molar-refractivity contribution in [2.45, 2.75) is 19.4 Å². The van der Waals surface area contributed by atoms with Gasteiger partial charge in [-0.2, -0.15) is 5.10 Å². The Kier molecular flexibility index (Phi) is 5.14. The average molecular weight is 378 g/mol. The Morgan fingerprint density at radius 2 is 2.00 bits per heavy atom. The number of amides is 2. The van der Waals surface area contributed by atoms with Crippen molar-refractivity contribution in [3.63, 3.8) is 0 Å². The Bertz CT molecular complexity index is 939. The van der Waals surface area contributed by atoms with Crippen LogP contribution in [0.1, 0.15) is 24.1 Å². The molecular weight excluding hydrogens is 356 g/mol. The molecule has 1 unspecified atom stereocenters. The van der Waals surface area contributed by atoms with Crippen LogP contribution in [0, 0.1) is 0 Å². The van der Waals surface area contributed by atoms with E-state index in [2.05, 4.69) is 15.7 Å². The lowest BCUT2D eigenvalue weighted by Gasteiger charge is -2.15. The second-order valence-corrected chi connectivity index (χ2v) is 6.60. The molecule has 1 aliphatic heterocycles. The molecule has 0 fully saturated rings. The van der Waals surface area contributed by atoms with Crippen molar-refractivity contribution in [1.29, 1.82) is 0 Å². The van der Waals surface area contributed by atoms with E-state index in [9.17, 15) is 4.79 Å². The highest BCUT2D eigenvalue weighted by Gasteiger charge is 2.16. The molecule has 0 aliphatic carbocycles. The maximum atomic E-state index is 12.2. The Labute approximate surface area is 163 Å². The molecule has 0 saturated heterocycles. The predicted molar refractivity (Wildman–Crippen MR) is 105 cm³/mol. The number of urea groups is 1. The van der Waals surface area contributed by atoms with Crippen molar-refractivity contribution in [2.75, 3.05) is 13.3 Å². The van der Waals surface area contributed by atoms with E-state index in [0.29, 0.717) is 12.3 Å². The molecule has 2 amide bonds. The molecule has 28 heavy (non-hydrogen) atoms. The number of hydrogen-bond acceptors (Lipinski definition) is 4. The SMILES string of the molecule is CC(NC(=O)NCCc1ccc(-n2cccn2)cc1)c1ccc2c(c1)OCO2. The van der Waals surface area contributed by atoms with Crippen LogP contribution >= 0.6 is 0 Å². The number of carbonyl (C=O) groups is 1. The van der Waals surface area contributed by atoms with Gasteiger partial charge in [-0.15, -0.1) is 0 Å². The van der Waals surface area contributed by atoms with Gasteiger partial charge >= 0.3 is 6.03 Å². The first-order valence-electron chi connectivity index (χ1n) is 9.22. The third-order valence-electron chi connectivity index (χ3n) is 4.65. The van der Waals surface area contributed by atoms with Crippen molar-refractivity contribution >= 4 is 6.03 Å². The molecule has 3 aromatic rings. The molecule has 2 heterocycles. The fourth-order valence-corrected chi connectivity index (χ4v) is 3.07. The van der Waals surface area contributed by atoms with Crippen molar-refractivity contribution in [1.82, 2.24) is 20.4 Å². The maximum absolute atomic E-state index is 12.2. The summed E-state index contributed by atoms with van der Waals surface area (Å²) >= 11 is 0. The van der Waals surface area contributed by atoms with Gasteiger partial charge in [0.25, 0.3) is 0 Å². The van der Waals surface area contributed by atoms with Gasteiger partial charge in [-0.3, -0.25) is 0 Å². The third kappa shape index (κ3) is 4.09. The number of benzene rings is 2. The van der Waals surface area contributed by atoms with E-state index in [0.717, 1.165) is 29.0 Å². The Balaban J connectivity index is 1.24. The van der Waals surface area contributed by atoms with Crippen LogP contribution in [0.15, 0.2) is 60.9 Å². The Morgan fingerprint density at radius 3 is 2.79 bits per heavy atom. The number of nitrogens with zero attached hydrogens (tertiary/aromatic N) is 2. The smallest absolute Gasteiger partial charge is 0.315 e. The zero-order valence-electron chi connectivity index (χ0n) is 15.6. The minimum Gasteiger partial charge on any atom is -0.454 e. The molecule has 0 spiro atoms. The van der Waals surface area contributed by atoms with Gasteiger partial charge in [0.05, 0.1) is 11.7 Å². The van der Waals surface area contributed by atoms with E-state index in [1.54, 1.807) is 6.20 Å². The Hall–Kier alpha value is -3.48. The minimum atomic E-state index is -0.196. The topological polar surface area (TPSA) is 77.4 Å².